The van der Waals surface area contributed by atoms with Gasteiger partial charge in [0.25, 0.3) is 0 Å². The van der Waals surface area contributed by atoms with Crippen molar-refractivity contribution in [1.29, 1.82) is 0 Å². The molecule has 4 heteroatoms. The van der Waals surface area contributed by atoms with Crippen molar-refractivity contribution in [2.75, 3.05) is 19.6 Å². The van der Waals surface area contributed by atoms with Crippen LogP contribution in [0.25, 0.3) is 0 Å². The highest BCUT2D eigenvalue weighted by atomic mass is 16.1. The lowest BCUT2D eigenvalue weighted by molar-refractivity contribution is -0.125. The van der Waals surface area contributed by atoms with Crippen molar-refractivity contribution >= 4 is 5.91 Å². The highest BCUT2D eigenvalue weighted by Gasteiger charge is 2.40. The Morgan fingerprint density at radius 3 is 2.74 bits per heavy atom. The van der Waals surface area contributed by atoms with Crippen molar-refractivity contribution in [1.82, 2.24) is 10.2 Å². The Kier molecular flexibility index (Phi) is 3.81. The molecule has 2 heterocycles. The Hall–Kier alpha value is -0.610. The third kappa shape index (κ3) is 2.65. The van der Waals surface area contributed by atoms with E-state index >= 15 is 0 Å². The van der Waals surface area contributed by atoms with Gasteiger partial charge in [-0.05, 0) is 50.6 Å². The van der Waals surface area contributed by atoms with Crippen LogP contribution >= 0.6 is 0 Å². The first-order valence-electron chi connectivity index (χ1n) is 7.96. The summed E-state index contributed by atoms with van der Waals surface area (Å²) < 4.78 is 0. The molecule has 108 valence electrons. The zero-order valence-electron chi connectivity index (χ0n) is 11.9. The maximum atomic E-state index is 12.3. The van der Waals surface area contributed by atoms with E-state index in [9.17, 15) is 4.79 Å². The highest BCUT2D eigenvalue weighted by Crippen LogP contribution is 2.43. The summed E-state index contributed by atoms with van der Waals surface area (Å²) in [5.74, 6) is 0.238. The predicted octanol–water partition coefficient (Wildman–Crippen LogP) is 1.25. The van der Waals surface area contributed by atoms with E-state index in [1.807, 2.05) is 0 Å². The molecule has 3 rings (SSSR count). The number of carbonyl (C=O) groups is 1. The minimum absolute atomic E-state index is 0.134. The molecular weight excluding hydrogens is 238 g/mol. The van der Waals surface area contributed by atoms with Gasteiger partial charge in [-0.2, -0.15) is 0 Å². The average Bonchev–Trinajstić information content (AvgIpc) is 2.78. The molecule has 3 aliphatic rings. The van der Waals surface area contributed by atoms with E-state index in [4.69, 9.17) is 5.73 Å². The van der Waals surface area contributed by atoms with E-state index in [2.05, 4.69) is 10.2 Å². The van der Waals surface area contributed by atoms with Gasteiger partial charge in [-0.15, -0.1) is 0 Å². The molecule has 0 aromatic carbocycles. The minimum Gasteiger partial charge on any atom is -0.352 e. The van der Waals surface area contributed by atoms with Gasteiger partial charge in [-0.25, -0.2) is 0 Å². The number of nitrogens with zero attached hydrogens (tertiary/aromatic N) is 1. The number of amides is 1. The summed E-state index contributed by atoms with van der Waals surface area (Å²) in [6, 6.07) is 0.996. The fourth-order valence-corrected chi connectivity index (χ4v) is 4.14. The molecule has 2 unspecified atom stereocenters. The lowest BCUT2D eigenvalue weighted by Gasteiger charge is -2.41. The predicted molar refractivity (Wildman–Crippen MR) is 75.7 cm³/mol. The molecule has 2 saturated heterocycles. The Bertz CT molecular complexity index is 335. The van der Waals surface area contributed by atoms with Crippen LogP contribution in [-0.4, -0.2) is 42.5 Å². The number of nitrogens with two attached hydrogens (primary N) is 1. The number of fused-ring (bicyclic) bond motifs is 1. The van der Waals surface area contributed by atoms with Gasteiger partial charge in [0.2, 0.25) is 5.91 Å². The summed E-state index contributed by atoms with van der Waals surface area (Å²) in [5.41, 5.74) is 5.98. The molecule has 1 amide bonds. The Labute approximate surface area is 116 Å². The van der Waals surface area contributed by atoms with E-state index in [0.717, 1.165) is 25.8 Å². The molecule has 1 saturated carbocycles. The van der Waals surface area contributed by atoms with Gasteiger partial charge in [-0.1, -0.05) is 12.8 Å². The SMILES string of the molecule is NCC1(CC(=O)NC2CCN3CCCCC23)CCC1. The number of nitrogens with one attached hydrogen (secondary N) is 1. The quantitative estimate of drug-likeness (QED) is 0.804. The Morgan fingerprint density at radius 2 is 2.05 bits per heavy atom. The average molecular weight is 265 g/mol. The molecule has 0 spiro atoms. The number of carbonyl (C=O) groups excluding carboxylic acids is 1. The van der Waals surface area contributed by atoms with Crippen LogP contribution in [-0.2, 0) is 4.79 Å². The van der Waals surface area contributed by atoms with E-state index in [1.54, 1.807) is 0 Å². The van der Waals surface area contributed by atoms with E-state index in [1.165, 1.54) is 32.2 Å². The first-order valence-corrected chi connectivity index (χ1v) is 7.96. The Balaban J connectivity index is 1.52. The van der Waals surface area contributed by atoms with Gasteiger partial charge < -0.3 is 11.1 Å². The van der Waals surface area contributed by atoms with Gasteiger partial charge in [0, 0.05) is 25.0 Å². The summed E-state index contributed by atoms with van der Waals surface area (Å²) in [7, 11) is 0. The molecule has 0 aromatic rings. The molecule has 0 aromatic heterocycles. The van der Waals surface area contributed by atoms with Crippen LogP contribution in [0.15, 0.2) is 0 Å². The van der Waals surface area contributed by atoms with Gasteiger partial charge in [0.1, 0.15) is 0 Å². The van der Waals surface area contributed by atoms with Crippen molar-refractivity contribution in [2.24, 2.45) is 11.1 Å². The molecule has 3 fully saturated rings. The molecule has 3 N–H and O–H groups in total. The second-order valence-corrected chi connectivity index (χ2v) is 6.80. The van der Waals surface area contributed by atoms with Crippen LogP contribution in [0.1, 0.15) is 51.4 Å². The lowest BCUT2D eigenvalue weighted by atomic mass is 9.66. The van der Waals surface area contributed by atoms with Gasteiger partial charge in [0.15, 0.2) is 0 Å². The topological polar surface area (TPSA) is 58.4 Å². The highest BCUT2D eigenvalue weighted by molar-refractivity contribution is 5.77. The van der Waals surface area contributed by atoms with Crippen LogP contribution in [0, 0.1) is 5.41 Å². The largest absolute Gasteiger partial charge is 0.352 e. The first kappa shape index (κ1) is 13.4. The van der Waals surface area contributed by atoms with Crippen LogP contribution in [0.2, 0.25) is 0 Å². The number of piperidine rings is 1. The lowest BCUT2D eigenvalue weighted by Crippen LogP contribution is -2.49. The van der Waals surface area contributed by atoms with Crippen molar-refractivity contribution in [3.8, 4) is 0 Å². The first-order chi connectivity index (χ1) is 9.22. The summed E-state index contributed by atoms with van der Waals surface area (Å²) in [5, 5.41) is 3.30. The number of rotatable bonds is 4. The maximum Gasteiger partial charge on any atom is 0.220 e. The molecule has 0 bridgehead atoms. The van der Waals surface area contributed by atoms with E-state index < -0.39 is 0 Å². The molecule has 0 radical (unpaired) electrons. The number of hydrogen-bond acceptors (Lipinski definition) is 3. The summed E-state index contributed by atoms with van der Waals surface area (Å²) in [6.07, 6.45) is 9.19. The summed E-state index contributed by atoms with van der Waals surface area (Å²) in [4.78, 5) is 14.8. The normalized spacial score (nSPS) is 33.5. The zero-order valence-corrected chi connectivity index (χ0v) is 11.9. The van der Waals surface area contributed by atoms with E-state index in [-0.39, 0.29) is 11.3 Å². The smallest absolute Gasteiger partial charge is 0.220 e. The second-order valence-electron chi connectivity index (χ2n) is 6.80. The summed E-state index contributed by atoms with van der Waals surface area (Å²) >= 11 is 0. The maximum absolute atomic E-state index is 12.3. The zero-order chi connectivity index (χ0) is 13.3. The van der Waals surface area contributed by atoms with Crippen LogP contribution in [0.5, 0.6) is 0 Å². The van der Waals surface area contributed by atoms with Gasteiger partial charge in [-0.3, -0.25) is 9.69 Å². The second kappa shape index (κ2) is 5.41. The Morgan fingerprint density at radius 1 is 1.21 bits per heavy atom. The standard InChI is InChI=1S/C15H27N3O/c16-11-15(6-3-7-15)10-14(19)17-12-5-9-18-8-2-1-4-13(12)18/h12-13H,1-11,16H2,(H,17,19). The third-order valence-electron chi connectivity index (χ3n) is 5.59. The monoisotopic (exact) mass is 265 g/mol. The number of hydrogen-bond donors (Lipinski definition) is 2. The van der Waals surface area contributed by atoms with E-state index in [0.29, 0.717) is 25.0 Å². The molecular formula is C15H27N3O. The molecule has 1 aliphatic carbocycles. The van der Waals surface area contributed by atoms with Crippen molar-refractivity contribution < 1.29 is 4.79 Å². The molecule has 19 heavy (non-hydrogen) atoms. The molecule has 4 nitrogen and oxygen atoms in total. The van der Waals surface area contributed by atoms with Gasteiger partial charge in [0.05, 0.1) is 0 Å². The molecule has 2 aliphatic heterocycles. The molecule has 2 atom stereocenters. The fourth-order valence-electron chi connectivity index (χ4n) is 4.14. The van der Waals surface area contributed by atoms with Crippen LogP contribution in [0.3, 0.4) is 0 Å². The van der Waals surface area contributed by atoms with Crippen LogP contribution < -0.4 is 11.1 Å². The third-order valence-corrected chi connectivity index (χ3v) is 5.59. The van der Waals surface area contributed by atoms with Crippen LogP contribution in [0.4, 0.5) is 0 Å². The van der Waals surface area contributed by atoms with Crippen molar-refractivity contribution in [3.05, 3.63) is 0 Å². The van der Waals surface area contributed by atoms with Crippen molar-refractivity contribution in [3.63, 3.8) is 0 Å². The van der Waals surface area contributed by atoms with Gasteiger partial charge >= 0.3 is 0 Å². The minimum atomic E-state index is 0.134. The van der Waals surface area contributed by atoms with Crippen molar-refractivity contribution in [2.45, 2.75) is 63.5 Å². The fraction of sp³-hybridized carbons (Fsp3) is 0.933. The summed E-state index contributed by atoms with van der Waals surface area (Å²) in [6.45, 7) is 3.06.